The first-order valence-electron chi connectivity index (χ1n) is 11.6. The predicted octanol–water partition coefficient (Wildman–Crippen LogP) is 4.27. The number of carboxylic acid groups (broad SMARTS) is 1. The van der Waals surface area contributed by atoms with Gasteiger partial charge in [0, 0.05) is 31.1 Å². The number of hydrogen-bond acceptors (Lipinski definition) is 5. The Morgan fingerprint density at radius 2 is 2.06 bits per heavy atom. The molecule has 4 rings (SSSR count). The number of ether oxygens (including phenoxy) is 1. The summed E-state index contributed by atoms with van der Waals surface area (Å²) in [6.45, 7) is 3.26. The number of aliphatic hydroxyl groups is 1. The van der Waals surface area contributed by atoms with E-state index in [0.717, 1.165) is 60.5 Å². The molecule has 2 fully saturated rings. The lowest BCUT2D eigenvalue weighted by Crippen LogP contribution is -2.41. The summed E-state index contributed by atoms with van der Waals surface area (Å²) in [5.74, 6) is 1.76. The number of carbonyl (C=O) groups is 1. The smallest absolute Gasteiger partial charge is 0.303 e. The van der Waals surface area contributed by atoms with Crippen molar-refractivity contribution in [2.24, 2.45) is 17.8 Å². The highest BCUT2D eigenvalue weighted by Gasteiger charge is 2.33. The summed E-state index contributed by atoms with van der Waals surface area (Å²) in [7, 11) is 1.64. The van der Waals surface area contributed by atoms with Crippen LogP contribution in [0, 0.1) is 17.8 Å². The Morgan fingerprint density at radius 1 is 1.23 bits per heavy atom. The first-order chi connectivity index (χ1) is 15.0. The zero-order valence-corrected chi connectivity index (χ0v) is 18.4. The van der Waals surface area contributed by atoms with Crippen molar-refractivity contribution in [1.82, 2.24) is 9.88 Å². The van der Waals surface area contributed by atoms with E-state index in [9.17, 15) is 15.0 Å². The fourth-order valence-electron chi connectivity index (χ4n) is 5.09. The maximum atomic E-state index is 11.2. The van der Waals surface area contributed by atoms with Crippen molar-refractivity contribution >= 4 is 16.9 Å². The van der Waals surface area contributed by atoms with Crippen LogP contribution in [-0.2, 0) is 4.79 Å². The number of likely N-dealkylation sites (tertiary alicyclic amines) is 1. The fraction of sp³-hybridized carbons (Fsp3) is 0.600. The molecule has 1 aromatic carbocycles. The van der Waals surface area contributed by atoms with E-state index in [1.54, 1.807) is 13.3 Å². The van der Waals surface area contributed by atoms with Gasteiger partial charge >= 0.3 is 5.97 Å². The number of benzene rings is 1. The number of hydrogen-bond donors (Lipinski definition) is 2. The third-order valence-corrected chi connectivity index (χ3v) is 7.07. The zero-order chi connectivity index (χ0) is 21.8. The zero-order valence-electron chi connectivity index (χ0n) is 18.4. The van der Waals surface area contributed by atoms with Gasteiger partial charge in [-0.25, -0.2) is 0 Å². The summed E-state index contributed by atoms with van der Waals surface area (Å²) in [5.41, 5.74) is 1.74. The minimum Gasteiger partial charge on any atom is -0.497 e. The van der Waals surface area contributed by atoms with Gasteiger partial charge in [-0.05, 0) is 92.7 Å². The number of nitrogens with zero attached hydrogens (tertiary/aromatic N) is 2. The molecule has 0 bridgehead atoms. The second kappa shape index (κ2) is 9.96. The van der Waals surface area contributed by atoms with Crippen molar-refractivity contribution < 1.29 is 19.7 Å². The molecule has 3 atom stereocenters. The van der Waals surface area contributed by atoms with Gasteiger partial charge in [0.15, 0.2) is 0 Å². The van der Waals surface area contributed by atoms with E-state index in [-0.39, 0.29) is 6.42 Å². The van der Waals surface area contributed by atoms with Crippen molar-refractivity contribution in [1.29, 1.82) is 0 Å². The Hall–Kier alpha value is -2.18. The van der Waals surface area contributed by atoms with Gasteiger partial charge in [0.2, 0.25) is 0 Å². The number of fused-ring (bicyclic) bond motifs is 1. The van der Waals surface area contributed by atoms with Crippen LogP contribution >= 0.6 is 0 Å². The van der Waals surface area contributed by atoms with E-state index in [2.05, 4.69) is 9.88 Å². The molecule has 31 heavy (non-hydrogen) atoms. The van der Waals surface area contributed by atoms with Crippen LogP contribution in [0.3, 0.4) is 0 Å². The van der Waals surface area contributed by atoms with Gasteiger partial charge in [-0.2, -0.15) is 0 Å². The van der Waals surface area contributed by atoms with E-state index < -0.39 is 12.1 Å². The van der Waals surface area contributed by atoms with E-state index in [1.807, 2.05) is 24.3 Å². The van der Waals surface area contributed by atoms with Crippen molar-refractivity contribution in [3.05, 3.63) is 36.0 Å². The lowest BCUT2D eigenvalue weighted by molar-refractivity contribution is -0.137. The first kappa shape index (κ1) is 22.0. The molecule has 1 aliphatic carbocycles. The molecule has 1 saturated heterocycles. The maximum Gasteiger partial charge on any atom is 0.303 e. The van der Waals surface area contributed by atoms with Gasteiger partial charge in [0.05, 0.1) is 18.7 Å². The van der Waals surface area contributed by atoms with Gasteiger partial charge in [0.25, 0.3) is 0 Å². The van der Waals surface area contributed by atoms with Gasteiger partial charge < -0.3 is 19.8 Å². The number of aromatic nitrogens is 1. The molecule has 0 spiro atoms. The average Bonchev–Trinajstić information content (AvgIpc) is 3.59. The number of aliphatic hydroxyl groups excluding tert-OH is 1. The molecule has 0 amide bonds. The molecule has 2 heterocycles. The highest BCUT2D eigenvalue weighted by molar-refractivity contribution is 5.83. The van der Waals surface area contributed by atoms with Crippen molar-refractivity contribution in [3.8, 4) is 5.75 Å². The first-order valence-corrected chi connectivity index (χ1v) is 11.6. The van der Waals surface area contributed by atoms with Gasteiger partial charge in [-0.3, -0.25) is 9.78 Å². The lowest BCUT2D eigenvalue weighted by Gasteiger charge is -2.39. The fourth-order valence-corrected chi connectivity index (χ4v) is 5.09. The minimum atomic E-state index is -0.713. The average molecular weight is 427 g/mol. The third-order valence-electron chi connectivity index (χ3n) is 7.07. The number of carboxylic acids is 1. The molecule has 2 aromatic rings. The van der Waals surface area contributed by atoms with E-state index in [1.165, 1.54) is 19.4 Å². The summed E-state index contributed by atoms with van der Waals surface area (Å²) in [6.07, 6.45) is 7.51. The van der Waals surface area contributed by atoms with Crippen LogP contribution in [0.2, 0.25) is 0 Å². The summed E-state index contributed by atoms with van der Waals surface area (Å²) < 4.78 is 5.35. The van der Waals surface area contributed by atoms with Crippen LogP contribution in [0.15, 0.2) is 30.5 Å². The Labute approximate surface area is 184 Å². The molecule has 6 heteroatoms. The molecule has 1 aliphatic heterocycles. The molecule has 2 aliphatic rings. The van der Waals surface area contributed by atoms with E-state index in [4.69, 9.17) is 4.74 Å². The van der Waals surface area contributed by atoms with Crippen LogP contribution in [0.5, 0.6) is 5.75 Å². The number of piperidine rings is 1. The normalized spacial score (nSPS) is 23.0. The molecule has 1 saturated carbocycles. The van der Waals surface area contributed by atoms with Crippen LogP contribution in [0.4, 0.5) is 0 Å². The molecule has 2 N–H and O–H groups in total. The number of rotatable bonds is 10. The van der Waals surface area contributed by atoms with Gasteiger partial charge in [-0.1, -0.05) is 0 Å². The Balaban J connectivity index is 1.41. The lowest BCUT2D eigenvalue weighted by atomic mass is 9.79. The summed E-state index contributed by atoms with van der Waals surface area (Å²) in [4.78, 5) is 18.1. The van der Waals surface area contributed by atoms with Crippen molar-refractivity contribution in [2.45, 2.75) is 51.0 Å². The third kappa shape index (κ3) is 5.74. The molecule has 168 valence electrons. The van der Waals surface area contributed by atoms with Gasteiger partial charge in [-0.15, -0.1) is 0 Å². The van der Waals surface area contributed by atoms with E-state index >= 15 is 0 Å². The second-order valence-corrected chi connectivity index (χ2v) is 9.32. The van der Waals surface area contributed by atoms with Crippen LogP contribution in [-0.4, -0.2) is 52.8 Å². The van der Waals surface area contributed by atoms with E-state index in [0.29, 0.717) is 18.3 Å². The molecular formula is C25H34N2O4. The molecule has 6 nitrogen and oxygen atoms in total. The van der Waals surface area contributed by atoms with Crippen LogP contribution in [0.1, 0.15) is 56.6 Å². The number of aliphatic carboxylic acids is 1. The highest BCUT2D eigenvalue weighted by Crippen LogP contribution is 2.37. The predicted molar refractivity (Wildman–Crippen MR) is 120 cm³/mol. The maximum absolute atomic E-state index is 11.2. The summed E-state index contributed by atoms with van der Waals surface area (Å²) >= 11 is 0. The van der Waals surface area contributed by atoms with Crippen LogP contribution in [0.25, 0.3) is 10.9 Å². The van der Waals surface area contributed by atoms with Crippen molar-refractivity contribution in [3.63, 3.8) is 0 Å². The second-order valence-electron chi connectivity index (χ2n) is 9.32. The van der Waals surface area contributed by atoms with Crippen molar-refractivity contribution in [2.75, 3.05) is 26.7 Å². The SMILES string of the molecule is COc1ccc2nccc([C@H](O)CC[C@@H]3CCN(CC4CC4)C[C@H]3CCC(=O)O)c2c1. The minimum absolute atomic E-state index is 0.232. The van der Waals surface area contributed by atoms with Crippen LogP contribution < -0.4 is 4.74 Å². The summed E-state index contributed by atoms with van der Waals surface area (Å²) in [5, 5.41) is 21.1. The number of methoxy groups -OCH3 is 1. The molecule has 1 aromatic heterocycles. The Bertz CT molecular complexity index is 898. The van der Waals surface area contributed by atoms with Gasteiger partial charge in [0.1, 0.15) is 5.75 Å². The summed E-state index contributed by atoms with van der Waals surface area (Å²) in [6, 6.07) is 7.63. The largest absolute Gasteiger partial charge is 0.497 e. The monoisotopic (exact) mass is 426 g/mol. The highest BCUT2D eigenvalue weighted by atomic mass is 16.5. The topological polar surface area (TPSA) is 82.9 Å². The molecular weight excluding hydrogens is 392 g/mol. The quantitative estimate of drug-likeness (QED) is 0.590. The Morgan fingerprint density at radius 3 is 2.81 bits per heavy atom. The molecule has 0 unspecified atom stereocenters. The number of pyridine rings is 1. The molecule has 0 radical (unpaired) electrons. The standard InChI is InChI=1S/C25H34N2O4/c1-31-20-6-7-23-22(14-20)21(10-12-26-23)24(28)8-4-18-11-13-27(15-17-2-3-17)16-19(18)5-9-25(29)30/h6-7,10,12,14,17-19,24,28H,2-5,8-9,11,13,15-16H2,1H3,(H,29,30)/t18-,19-,24-/m1/s1. The Kier molecular flexibility index (Phi) is 7.08.